The van der Waals surface area contributed by atoms with Crippen molar-refractivity contribution in [2.75, 3.05) is 12.5 Å². The second-order valence-corrected chi connectivity index (χ2v) is 8.63. The van der Waals surface area contributed by atoms with Crippen LogP contribution in [0.2, 0.25) is 0 Å². The Balaban J connectivity index is 2.04. The minimum Gasteiger partial charge on any atom is -0.306 e. The molecule has 1 saturated carbocycles. The minimum atomic E-state index is -3.10. The van der Waals surface area contributed by atoms with Crippen LogP contribution in [0.15, 0.2) is 29.2 Å². The lowest BCUT2D eigenvalue weighted by Crippen LogP contribution is -2.35. The van der Waals surface area contributed by atoms with Crippen molar-refractivity contribution < 1.29 is 8.42 Å². The van der Waals surface area contributed by atoms with Crippen LogP contribution in [0.3, 0.4) is 0 Å². The van der Waals surface area contributed by atoms with Crippen LogP contribution in [0.5, 0.6) is 0 Å². The van der Waals surface area contributed by atoms with Crippen molar-refractivity contribution >= 4 is 21.6 Å². The van der Waals surface area contributed by atoms with Crippen LogP contribution in [-0.2, 0) is 9.84 Å². The second-order valence-electron chi connectivity index (χ2n) is 5.54. The summed E-state index contributed by atoms with van der Waals surface area (Å²) in [7, 11) is -3.10. The molecule has 0 heterocycles. The molecule has 112 valence electrons. The van der Waals surface area contributed by atoms with Gasteiger partial charge in [0.2, 0.25) is 0 Å². The van der Waals surface area contributed by atoms with Gasteiger partial charge in [-0.1, -0.05) is 18.6 Å². The fraction of sp³-hybridized carbons (Fsp3) is 0.600. The second kappa shape index (κ2) is 6.50. The fourth-order valence-corrected chi connectivity index (χ4v) is 4.40. The zero-order chi connectivity index (χ0) is 14.8. The van der Waals surface area contributed by atoms with Gasteiger partial charge in [-0.05, 0) is 43.7 Å². The molecule has 0 radical (unpaired) electrons. The third-order valence-corrected chi connectivity index (χ3v) is 6.33. The van der Waals surface area contributed by atoms with Crippen LogP contribution >= 0.6 is 11.8 Å². The molecule has 1 aromatic carbocycles. The highest BCUT2D eigenvalue weighted by Gasteiger charge is 2.27. The lowest BCUT2D eigenvalue weighted by atomic mass is 10.1. The summed E-state index contributed by atoms with van der Waals surface area (Å²) in [6.07, 6.45) is 7.24. The highest BCUT2D eigenvalue weighted by molar-refractivity contribution is 7.99. The Bertz CT molecular complexity index is 539. The maximum atomic E-state index is 11.5. The standard InChI is InChI=1S/C15H23NO2S2/c1-11(16-14-5-4-6-15(14)19-2)12-7-9-13(10-8-12)20(3,17)18/h7-11,14-16H,4-6H2,1-3H3. The molecule has 0 aromatic heterocycles. The van der Waals surface area contributed by atoms with Crippen molar-refractivity contribution in [3.8, 4) is 0 Å². The highest BCUT2D eigenvalue weighted by atomic mass is 32.2. The molecule has 0 bridgehead atoms. The van der Waals surface area contributed by atoms with Crippen LogP contribution in [-0.4, -0.2) is 32.2 Å². The number of sulfone groups is 1. The molecule has 20 heavy (non-hydrogen) atoms. The van der Waals surface area contributed by atoms with Crippen LogP contribution in [0, 0.1) is 0 Å². The number of hydrogen-bond donors (Lipinski definition) is 1. The zero-order valence-electron chi connectivity index (χ0n) is 12.3. The van der Waals surface area contributed by atoms with E-state index in [1.807, 2.05) is 23.9 Å². The van der Waals surface area contributed by atoms with E-state index in [4.69, 9.17) is 0 Å². The molecule has 1 aliphatic rings. The average Bonchev–Trinajstić information content (AvgIpc) is 2.85. The Morgan fingerprint density at radius 3 is 2.45 bits per heavy atom. The zero-order valence-corrected chi connectivity index (χ0v) is 13.9. The Morgan fingerprint density at radius 2 is 1.90 bits per heavy atom. The van der Waals surface area contributed by atoms with Crippen LogP contribution in [0.4, 0.5) is 0 Å². The van der Waals surface area contributed by atoms with Gasteiger partial charge in [-0.15, -0.1) is 0 Å². The normalized spacial score (nSPS) is 24.8. The van der Waals surface area contributed by atoms with Gasteiger partial charge in [-0.2, -0.15) is 11.8 Å². The van der Waals surface area contributed by atoms with Gasteiger partial charge in [0, 0.05) is 23.6 Å². The first-order valence-corrected chi connectivity index (χ1v) is 10.2. The predicted molar refractivity (Wildman–Crippen MR) is 86.0 cm³/mol. The van der Waals surface area contributed by atoms with Gasteiger partial charge in [0.15, 0.2) is 9.84 Å². The van der Waals surface area contributed by atoms with Gasteiger partial charge in [0.1, 0.15) is 0 Å². The van der Waals surface area contributed by atoms with Crippen molar-refractivity contribution in [1.82, 2.24) is 5.32 Å². The molecular weight excluding hydrogens is 290 g/mol. The first-order valence-electron chi connectivity index (χ1n) is 7.00. The summed E-state index contributed by atoms with van der Waals surface area (Å²) in [4.78, 5) is 0.385. The number of thioether (sulfide) groups is 1. The quantitative estimate of drug-likeness (QED) is 0.907. The van der Waals surface area contributed by atoms with Crippen molar-refractivity contribution in [2.45, 2.75) is 48.4 Å². The topological polar surface area (TPSA) is 46.2 Å². The third-order valence-electron chi connectivity index (χ3n) is 4.03. The van der Waals surface area contributed by atoms with E-state index in [2.05, 4.69) is 18.5 Å². The average molecular weight is 313 g/mol. The minimum absolute atomic E-state index is 0.251. The fourth-order valence-electron chi connectivity index (χ4n) is 2.82. The van der Waals surface area contributed by atoms with E-state index in [0.717, 1.165) is 5.56 Å². The summed E-state index contributed by atoms with van der Waals surface area (Å²) in [6.45, 7) is 2.14. The largest absolute Gasteiger partial charge is 0.306 e. The molecule has 1 aliphatic carbocycles. The molecule has 3 atom stereocenters. The first-order chi connectivity index (χ1) is 9.41. The van der Waals surface area contributed by atoms with Crippen LogP contribution in [0.1, 0.15) is 37.8 Å². The third kappa shape index (κ3) is 3.77. The molecule has 0 aliphatic heterocycles. The molecule has 1 fully saturated rings. The summed E-state index contributed by atoms with van der Waals surface area (Å²) in [5, 5.41) is 4.39. The Labute approximate surface area is 126 Å². The van der Waals surface area contributed by atoms with E-state index in [0.29, 0.717) is 16.2 Å². The summed E-state index contributed by atoms with van der Waals surface area (Å²) in [5.74, 6) is 0. The van der Waals surface area contributed by atoms with Gasteiger partial charge >= 0.3 is 0 Å². The van der Waals surface area contributed by atoms with Crippen molar-refractivity contribution in [2.24, 2.45) is 0 Å². The molecule has 3 nitrogen and oxygen atoms in total. The maximum Gasteiger partial charge on any atom is 0.175 e. The molecule has 2 rings (SSSR count). The number of nitrogens with one attached hydrogen (secondary N) is 1. The Hall–Kier alpha value is -0.520. The van der Waals surface area contributed by atoms with E-state index in [9.17, 15) is 8.42 Å². The number of rotatable bonds is 5. The van der Waals surface area contributed by atoms with E-state index in [-0.39, 0.29) is 6.04 Å². The maximum absolute atomic E-state index is 11.5. The lowest BCUT2D eigenvalue weighted by Gasteiger charge is -2.24. The van der Waals surface area contributed by atoms with Crippen molar-refractivity contribution in [1.29, 1.82) is 0 Å². The van der Waals surface area contributed by atoms with Crippen LogP contribution in [0.25, 0.3) is 0 Å². The molecule has 0 spiro atoms. The molecular formula is C15H23NO2S2. The summed E-state index contributed by atoms with van der Waals surface area (Å²) in [6, 6.07) is 8.04. The summed E-state index contributed by atoms with van der Waals surface area (Å²) in [5.41, 5.74) is 1.14. The van der Waals surface area contributed by atoms with E-state index >= 15 is 0 Å². The van der Waals surface area contributed by atoms with Crippen molar-refractivity contribution in [3.05, 3.63) is 29.8 Å². The first kappa shape index (κ1) is 15.9. The number of benzene rings is 1. The Kier molecular flexibility index (Phi) is 5.15. The van der Waals surface area contributed by atoms with Gasteiger partial charge < -0.3 is 5.32 Å². The van der Waals surface area contributed by atoms with E-state index in [1.54, 1.807) is 12.1 Å². The molecule has 5 heteroatoms. The summed E-state index contributed by atoms with van der Waals surface area (Å²) < 4.78 is 22.9. The molecule has 3 unspecified atom stereocenters. The molecule has 1 aromatic rings. The van der Waals surface area contributed by atoms with Gasteiger partial charge in [0.05, 0.1) is 4.90 Å². The highest BCUT2D eigenvalue weighted by Crippen LogP contribution is 2.30. The molecule has 0 amide bonds. The van der Waals surface area contributed by atoms with Gasteiger partial charge in [0.25, 0.3) is 0 Å². The number of hydrogen-bond acceptors (Lipinski definition) is 4. The van der Waals surface area contributed by atoms with E-state index < -0.39 is 9.84 Å². The predicted octanol–water partition coefficient (Wildman–Crippen LogP) is 3.02. The smallest absolute Gasteiger partial charge is 0.175 e. The van der Waals surface area contributed by atoms with Gasteiger partial charge in [-0.25, -0.2) is 8.42 Å². The van der Waals surface area contributed by atoms with Crippen LogP contribution < -0.4 is 5.32 Å². The van der Waals surface area contributed by atoms with E-state index in [1.165, 1.54) is 25.5 Å². The van der Waals surface area contributed by atoms with Crippen molar-refractivity contribution in [3.63, 3.8) is 0 Å². The molecule has 0 saturated heterocycles. The SMILES string of the molecule is CSC1CCCC1NC(C)c1ccc(S(C)(=O)=O)cc1. The molecule has 1 N–H and O–H groups in total. The summed E-state index contributed by atoms with van der Waals surface area (Å²) >= 11 is 1.94. The lowest BCUT2D eigenvalue weighted by molar-refractivity contribution is 0.467. The Morgan fingerprint density at radius 1 is 1.25 bits per heavy atom. The monoisotopic (exact) mass is 313 g/mol. The van der Waals surface area contributed by atoms with Gasteiger partial charge in [-0.3, -0.25) is 0 Å².